The molecule has 4 heterocycles. The van der Waals surface area contributed by atoms with E-state index in [1.54, 1.807) is 84.6 Å². The first-order valence-electron chi connectivity index (χ1n) is 32.2. The highest BCUT2D eigenvalue weighted by molar-refractivity contribution is 5.97. The van der Waals surface area contributed by atoms with Crippen molar-refractivity contribution in [3.05, 3.63) is 92.2 Å². The molecule has 26 nitrogen and oxygen atoms in total. The number of aliphatic hydroxyl groups is 2. The molecule has 13 N–H and O–H groups in total. The minimum Gasteiger partial charge on any atom is -0.475 e. The smallest absolute Gasteiger partial charge is 0.475 e. The van der Waals surface area contributed by atoms with Gasteiger partial charge in [0, 0.05) is 63.3 Å². The number of aliphatic hydroxyl groups excluding tert-OH is 2. The number of hydrogen-bond donors (Lipinski definition) is 13. The first-order chi connectivity index (χ1) is 44.5. The summed E-state index contributed by atoms with van der Waals surface area (Å²) in [5.41, 5.74) is 0.342. The van der Waals surface area contributed by atoms with E-state index < -0.39 is 119 Å². The third-order valence-corrected chi connectivity index (χ3v) is 18.0. The Morgan fingerprint density at radius 3 is 1.18 bits per heavy atom. The van der Waals surface area contributed by atoms with Crippen LogP contribution in [0.3, 0.4) is 0 Å². The van der Waals surface area contributed by atoms with Gasteiger partial charge in [0.05, 0.1) is 12.1 Å². The second-order valence-electron chi connectivity index (χ2n) is 24.0. The van der Waals surface area contributed by atoms with Crippen molar-refractivity contribution in [2.75, 3.05) is 64.1 Å². The van der Waals surface area contributed by atoms with Crippen molar-refractivity contribution < 1.29 is 71.6 Å². The predicted molar refractivity (Wildman–Crippen MR) is 337 cm³/mol. The average Bonchev–Trinajstić information content (AvgIpc) is 1.77. The number of alkyl halides is 3. The van der Waals surface area contributed by atoms with E-state index in [1.807, 2.05) is 13.8 Å². The summed E-state index contributed by atoms with van der Waals surface area (Å²) in [6.07, 6.45) is 3.61. The number of unbranched alkanes of at least 4 members (excludes halogenated alkanes) is 4. The zero-order valence-electron chi connectivity index (χ0n) is 53.1. The molecular weight excluding hydrogens is 1220 g/mol. The Morgan fingerprint density at radius 2 is 0.860 bits per heavy atom. The third kappa shape index (κ3) is 19.5. The summed E-state index contributed by atoms with van der Waals surface area (Å²) in [6.45, 7) is 4.48. The zero-order chi connectivity index (χ0) is 67.9. The van der Waals surface area contributed by atoms with E-state index in [9.17, 15) is 71.3 Å². The van der Waals surface area contributed by atoms with E-state index in [0.717, 1.165) is 0 Å². The summed E-state index contributed by atoms with van der Waals surface area (Å²) >= 11 is 0. The van der Waals surface area contributed by atoms with Crippen molar-refractivity contribution in [2.24, 2.45) is 11.8 Å². The molecule has 0 spiro atoms. The van der Waals surface area contributed by atoms with Gasteiger partial charge in [-0.1, -0.05) is 74.5 Å². The van der Waals surface area contributed by atoms with E-state index in [1.165, 1.54) is 0 Å². The number of nitrogens with one attached hydrogen (secondary N) is 10. The van der Waals surface area contributed by atoms with Crippen LogP contribution in [-0.2, 0) is 43.2 Å². The summed E-state index contributed by atoms with van der Waals surface area (Å²) in [5.74, 6) is -7.18. The highest BCUT2D eigenvalue weighted by Crippen LogP contribution is 2.36. The summed E-state index contributed by atoms with van der Waals surface area (Å²) in [4.78, 5) is 148. The van der Waals surface area contributed by atoms with Gasteiger partial charge in [0.25, 0.3) is 10.9 Å². The molecule has 93 heavy (non-hydrogen) atoms. The van der Waals surface area contributed by atoms with E-state index in [0.29, 0.717) is 140 Å². The molecule has 512 valence electrons. The maximum Gasteiger partial charge on any atom is 0.490 e. The Kier molecular flexibility index (Phi) is 28.5. The fourth-order valence-electron chi connectivity index (χ4n) is 12.7. The number of fused-ring (bicyclic) bond motifs is 2. The topological polar surface area (TPSA) is 375 Å². The van der Waals surface area contributed by atoms with Crippen molar-refractivity contribution in [1.82, 2.24) is 52.3 Å². The van der Waals surface area contributed by atoms with E-state index in [-0.39, 0.29) is 48.5 Å². The van der Waals surface area contributed by atoms with Crippen molar-refractivity contribution in [3.63, 3.8) is 0 Å². The minimum atomic E-state index is -5.08. The Bertz CT molecular complexity index is 2890. The number of likely N-dealkylation sites (N-methyl/N-ethyl adjacent to an activating group) is 2. The lowest BCUT2D eigenvalue weighted by atomic mass is 9.93. The number of nitrogens with zero attached hydrogens (tertiary/aromatic N) is 2. The Hall–Kier alpha value is -8.02. The van der Waals surface area contributed by atoms with Crippen molar-refractivity contribution in [2.45, 2.75) is 183 Å². The lowest BCUT2D eigenvalue weighted by molar-refractivity contribution is -0.192. The largest absolute Gasteiger partial charge is 0.490 e. The molecule has 8 amide bonds. The SMILES string of the molecule is CC[C@H](NC)C(=O)N[C@@H]1C(=O)N2[C@@H](CC[C@@H]1CO)CC[C@H]2C(=O)N[C@H](C(=O)NCCCCCNc1c(NCCCCCNC(=O)[C@@H](NC(=O)[C@@H]2CC[C@@H]3CC[C@H](CO)[C@H](NC(=O)[C@H](CC)NC)C(=O)N32)c2ccccc2)c(=O)c1=O)c1ccccc1.O=C(O)C(F)(F)F. The number of benzene rings is 2. The summed E-state index contributed by atoms with van der Waals surface area (Å²) in [7, 11) is 3.32. The van der Waals surface area contributed by atoms with Crippen LogP contribution in [-0.4, -0.2) is 186 Å². The molecule has 0 aliphatic carbocycles. The van der Waals surface area contributed by atoms with Crippen LogP contribution in [0.5, 0.6) is 0 Å². The summed E-state index contributed by atoms with van der Waals surface area (Å²) in [6, 6.07) is 10.2. The van der Waals surface area contributed by atoms with Crippen LogP contribution >= 0.6 is 0 Å². The van der Waals surface area contributed by atoms with E-state index in [4.69, 9.17) is 9.90 Å². The zero-order valence-corrected chi connectivity index (χ0v) is 53.1. The standard InChI is InChI=1S/C62H90N12O12.C2HF3O2/c1-5-43(63-3)55(79)71-49-39(35-75)23-25-41-27-29-45(73(41)61(49)85)57(81)69-47(37-19-11-7-12-20-37)59(83)67-33-17-9-15-31-65-51-52(54(78)53(51)77)66-32-16-10-18-34-68-60(84)48(38-21-13-8-14-22-38)70-58(82)46-30-28-42-26-24-40(36-76)50(62(86)74(42)46)72-56(80)44(6-2)64-4;3-2(4,5)1(6)7/h7-8,11-14,19-22,39-50,63-66,75-76H,5-6,9-10,15-18,23-36H2,1-4H3,(H,67,83)(H,68,84)(H,69,81)(H,70,82)(H,71,79)(H,72,80);(H,6,7)/t39-,40-,41+,42+,43+,44+,45+,46+,47+,48+,49+,50+;/m1./s1. The first-order valence-corrected chi connectivity index (χ1v) is 32.2. The van der Waals surface area contributed by atoms with E-state index in [2.05, 4.69) is 53.2 Å². The van der Waals surface area contributed by atoms with Gasteiger partial charge in [-0.3, -0.25) is 47.9 Å². The molecule has 0 bridgehead atoms. The second kappa shape index (κ2) is 35.9. The molecule has 4 saturated heterocycles. The molecule has 29 heteroatoms. The lowest BCUT2D eigenvalue weighted by Gasteiger charge is -2.33. The number of hydrogen-bond acceptors (Lipinski definition) is 17. The fraction of sp³-hybridized carbons (Fsp3) is 0.609. The molecule has 0 unspecified atom stereocenters. The van der Waals surface area contributed by atoms with Gasteiger partial charge < -0.3 is 78.3 Å². The normalized spacial score (nSPS) is 22.4. The number of halogens is 3. The third-order valence-electron chi connectivity index (χ3n) is 18.0. The molecule has 4 fully saturated rings. The van der Waals surface area contributed by atoms with Gasteiger partial charge in [-0.2, -0.15) is 13.2 Å². The van der Waals surface area contributed by atoms with Gasteiger partial charge in [-0.15, -0.1) is 0 Å². The fourth-order valence-corrected chi connectivity index (χ4v) is 12.7. The molecule has 7 rings (SSSR count). The lowest BCUT2D eigenvalue weighted by Crippen LogP contribution is -2.59. The van der Waals surface area contributed by atoms with Crippen LogP contribution < -0.4 is 64.0 Å². The minimum absolute atomic E-state index is 0.220. The Balaban J connectivity index is 0.00000185. The van der Waals surface area contributed by atoms with E-state index >= 15 is 0 Å². The molecule has 3 aromatic rings. The molecule has 4 aliphatic rings. The highest BCUT2D eigenvalue weighted by Gasteiger charge is 2.50. The monoisotopic (exact) mass is 1310 g/mol. The quantitative estimate of drug-likeness (QED) is 0.0311. The summed E-state index contributed by atoms with van der Waals surface area (Å²) in [5, 5.41) is 57.1. The number of carbonyl (C=O) groups is 9. The van der Waals surface area contributed by atoms with Crippen LogP contribution in [0.1, 0.15) is 140 Å². The van der Waals surface area contributed by atoms with Gasteiger partial charge in [0.2, 0.25) is 47.3 Å². The molecule has 0 saturated carbocycles. The van der Waals surface area contributed by atoms with Crippen molar-refractivity contribution >= 4 is 64.6 Å². The van der Waals surface area contributed by atoms with Crippen LogP contribution in [0, 0.1) is 11.8 Å². The Labute approximate surface area is 538 Å². The molecule has 4 aliphatic heterocycles. The molecule has 0 radical (unpaired) electrons. The number of anilines is 2. The van der Waals surface area contributed by atoms with Crippen LogP contribution in [0.4, 0.5) is 24.5 Å². The average molecular weight is 1310 g/mol. The summed E-state index contributed by atoms with van der Waals surface area (Å²) < 4.78 is 31.7. The first kappa shape index (κ1) is 74.0. The molecular formula is C64H91F3N12O14. The van der Waals surface area contributed by atoms with Gasteiger partial charge in [0.1, 0.15) is 47.6 Å². The predicted octanol–water partition coefficient (Wildman–Crippen LogP) is 1.52. The second-order valence-corrected chi connectivity index (χ2v) is 24.0. The highest BCUT2D eigenvalue weighted by atomic mass is 19.4. The molecule has 12 atom stereocenters. The van der Waals surface area contributed by atoms with Crippen LogP contribution in [0.15, 0.2) is 70.3 Å². The Morgan fingerprint density at radius 1 is 0.516 bits per heavy atom. The van der Waals surface area contributed by atoms with Gasteiger partial charge in [0.15, 0.2) is 0 Å². The molecule has 0 aromatic heterocycles. The maximum atomic E-state index is 14.2. The molecule has 3 aromatic carbocycles. The van der Waals surface area contributed by atoms with Crippen LogP contribution in [0.25, 0.3) is 0 Å². The number of carboxylic acids is 1. The van der Waals surface area contributed by atoms with Gasteiger partial charge >= 0.3 is 12.1 Å². The van der Waals surface area contributed by atoms with Crippen molar-refractivity contribution in [1.29, 1.82) is 0 Å². The number of amides is 8. The number of aliphatic carboxylic acids is 1. The van der Waals surface area contributed by atoms with Crippen molar-refractivity contribution in [3.8, 4) is 0 Å². The van der Waals surface area contributed by atoms with Crippen LogP contribution in [0.2, 0.25) is 0 Å². The number of rotatable bonds is 32. The maximum absolute atomic E-state index is 14.2. The van der Waals surface area contributed by atoms with Gasteiger partial charge in [-0.25, -0.2) is 4.79 Å². The van der Waals surface area contributed by atoms with Gasteiger partial charge in [-0.05, 0) is 128 Å². The number of carbonyl (C=O) groups excluding carboxylic acids is 8. The number of carboxylic acid groups (broad SMARTS) is 1.